The predicted octanol–water partition coefficient (Wildman–Crippen LogP) is 14.3. The minimum absolute atomic E-state index is 0.0523. The lowest BCUT2D eigenvalue weighted by atomic mass is 9.81. The molecule has 272 valence electrons. The first-order valence-corrected chi connectivity index (χ1v) is 20.1. The van der Waals surface area contributed by atoms with Crippen molar-refractivity contribution in [1.29, 1.82) is 0 Å². The fourth-order valence-corrected chi connectivity index (χ4v) is 9.74. The number of aromatic nitrogens is 3. The Bertz CT molecular complexity index is 3410. The lowest BCUT2D eigenvalue weighted by Gasteiger charge is -2.22. The quantitative estimate of drug-likeness (QED) is 0.168. The molecule has 3 nitrogen and oxygen atoms in total. The number of rotatable bonds is 4. The third-order valence-corrected chi connectivity index (χ3v) is 12.6. The summed E-state index contributed by atoms with van der Waals surface area (Å²) in [4.78, 5) is 10.6. The lowest BCUT2D eigenvalue weighted by Crippen LogP contribution is -2.14. The summed E-state index contributed by atoms with van der Waals surface area (Å²) in [6.45, 7) is 4.71. The molecule has 1 aliphatic carbocycles. The van der Waals surface area contributed by atoms with Crippen LogP contribution in [0.3, 0.4) is 0 Å². The third-order valence-electron chi connectivity index (χ3n) is 12.6. The van der Waals surface area contributed by atoms with Crippen molar-refractivity contribution >= 4 is 54.1 Å². The average Bonchev–Trinajstić information content (AvgIpc) is 3.73. The lowest BCUT2D eigenvalue weighted by molar-refractivity contribution is 0.660. The van der Waals surface area contributed by atoms with Gasteiger partial charge in [0.2, 0.25) is 5.95 Å². The number of benzene rings is 9. The van der Waals surface area contributed by atoms with E-state index in [9.17, 15) is 0 Å². The van der Waals surface area contributed by atoms with Crippen LogP contribution in [0, 0.1) is 0 Å². The number of hydrogen-bond donors (Lipinski definition) is 0. The van der Waals surface area contributed by atoms with E-state index in [0.717, 1.165) is 33.5 Å². The summed E-state index contributed by atoms with van der Waals surface area (Å²) in [5.74, 6) is 0.654. The van der Waals surface area contributed by atoms with Crippen molar-refractivity contribution in [2.24, 2.45) is 0 Å². The first-order valence-electron chi connectivity index (χ1n) is 20.1. The van der Waals surface area contributed by atoms with Gasteiger partial charge in [0.05, 0.1) is 22.4 Å². The van der Waals surface area contributed by atoms with Gasteiger partial charge in [0, 0.05) is 27.3 Å². The van der Waals surface area contributed by atoms with Crippen LogP contribution in [0.2, 0.25) is 0 Å². The summed E-state index contributed by atoms with van der Waals surface area (Å²) < 4.78 is 2.26. The van der Waals surface area contributed by atoms with Gasteiger partial charge in [0.1, 0.15) is 0 Å². The maximum atomic E-state index is 5.30. The van der Waals surface area contributed by atoms with Gasteiger partial charge in [-0.2, -0.15) is 0 Å². The van der Waals surface area contributed by atoms with Crippen LogP contribution in [-0.2, 0) is 5.41 Å². The first-order chi connectivity index (χ1) is 28.5. The minimum atomic E-state index is -0.0523. The van der Waals surface area contributed by atoms with Gasteiger partial charge >= 0.3 is 0 Å². The molecule has 0 atom stereocenters. The topological polar surface area (TPSA) is 30.7 Å². The van der Waals surface area contributed by atoms with Crippen molar-refractivity contribution in [1.82, 2.24) is 14.5 Å². The van der Waals surface area contributed by atoms with E-state index in [-0.39, 0.29) is 5.41 Å². The number of fused-ring (bicyclic) bond motifs is 12. The molecule has 0 bridgehead atoms. The van der Waals surface area contributed by atoms with E-state index >= 15 is 0 Å². The van der Waals surface area contributed by atoms with Gasteiger partial charge in [0.25, 0.3) is 0 Å². The standard InChI is InChI=1S/C55H37N3/c1-55(2)48-23-13-11-21-41(48)42-28-26-37(30-49(42)55)36-25-27-40-44(29-36)38-19-9-10-20-39(38)46-32-53-47(31-45(40)46)43-22-12-14-24-52(43)58(53)54-56-50(34-15-5-3-6-16-34)33-51(57-54)35-17-7-4-8-18-35/h3-33H,1-2H3. The molecule has 0 fully saturated rings. The SMILES string of the molecule is CC1(C)c2ccccc2-c2ccc(-c3ccc4c(c3)c3ccccc3c3cc5c(cc43)c3ccccc3n5-c3nc(-c4ccccc4)cc(-c4ccccc4)n3)cc21. The van der Waals surface area contributed by atoms with Crippen molar-refractivity contribution in [2.75, 3.05) is 0 Å². The molecular formula is C55H37N3. The summed E-state index contributed by atoms with van der Waals surface area (Å²) in [7, 11) is 0. The molecule has 1 aliphatic rings. The second-order valence-electron chi connectivity index (χ2n) is 16.2. The van der Waals surface area contributed by atoms with Gasteiger partial charge in [-0.05, 0) is 102 Å². The van der Waals surface area contributed by atoms with Gasteiger partial charge < -0.3 is 0 Å². The summed E-state index contributed by atoms with van der Waals surface area (Å²) in [5, 5.41) is 9.80. The maximum Gasteiger partial charge on any atom is 0.235 e. The second kappa shape index (κ2) is 12.3. The molecule has 2 aromatic heterocycles. The zero-order valence-corrected chi connectivity index (χ0v) is 32.2. The van der Waals surface area contributed by atoms with Gasteiger partial charge in [-0.3, -0.25) is 4.57 Å². The van der Waals surface area contributed by atoms with Crippen LogP contribution in [0.25, 0.3) is 105 Å². The molecule has 0 aliphatic heterocycles. The molecule has 0 unspecified atom stereocenters. The second-order valence-corrected chi connectivity index (χ2v) is 16.2. The first kappa shape index (κ1) is 32.8. The van der Waals surface area contributed by atoms with Crippen molar-refractivity contribution in [3.05, 3.63) is 199 Å². The van der Waals surface area contributed by atoms with Crippen molar-refractivity contribution < 1.29 is 0 Å². The zero-order chi connectivity index (χ0) is 38.5. The Morgan fingerprint density at radius 3 is 1.60 bits per heavy atom. The molecule has 11 aromatic rings. The molecule has 0 radical (unpaired) electrons. The Morgan fingerprint density at radius 1 is 0.345 bits per heavy atom. The van der Waals surface area contributed by atoms with E-state index in [1.54, 1.807) is 0 Å². The van der Waals surface area contributed by atoms with E-state index in [1.807, 2.05) is 12.1 Å². The fourth-order valence-electron chi connectivity index (χ4n) is 9.74. The van der Waals surface area contributed by atoms with Gasteiger partial charge in [-0.25, -0.2) is 9.97 Å². The van der Waals surface area contributed by atoms with Gasteiger partial charge in [0.15, 0.2) is 0 Å². The van der Waals surface area contributed by atoms with E-state index in [4.69, 9.17) is 9.97 Å². The van der Waals surface area contributed by atoms with E-state index < -0.39 is 0 Å². The molecule has 2 heterocycles. The van der Waals surface area contributed by atoms with Crippen molar-refractivity contribution in [3.63, 3.8) is 0 Å². The van der Waals surface area contributed by atoms with Gasteiger partial charge in [-0.15, -0.1) is 0 Å². The Balaban J connectivity index is 1.10. The molecule has 0 N–H and O–H groups in total. The molecule has 9 aromatic carbocycles. The number of hydrogen-bond acceptors (Lipinski definition) is 2. The molecule has 3 heteroatoms. The van der Waals surface area contributed by atoms with Crippen LogP contribution < -0.4 is 0 Å². The highest BCUT2D eigenvalue weighted by Gasteiger charge is 2.35. The monoisotopic (exact) mass is 739 g/mol. The third kappa shape index (κ3) is 4.80. The predicted molar refractivity (Wildman–Crippen MR) is 243 cm³/mol. The van der Waals surface area contributed by atoms with Crippen LogP contribution in [0.15, 0.2) is 188 Å². The Hall–Kier alpha value is -7.36. The Kier molecular flexibility index (Phi) is 6.98. The van der Waals surface area contributed by atoms with Crippen molar-refractivity contribution in [3.8, 4) is 50.7 Å². The molecule has 0 saturated heterocycles. The summed E-state index contributed by atoms with van der Waals surface area (Å²) in [5.41, 5.74) is 14.0. The average molecular weight is 740 g/mol. The van der Waals surface area contributed by atoms with Gasteiger partial charge in [-0.1, -0.05) is 166 Å². The van der Waals surface area contributed by atoms with Crippen LogP contribution in [0.5, 0.6) is 0 Å². The highest BCUT2D eigenvalue weighted by Crippen LogP contribution is 2.50. The molecule has 0 saturated carbocycles. The molecule has 0 spiro atoms. The normalized spacial score (nSPS) is 13.1. The van der Waals surface area contributed by atoms with Crippen LogP contribution >= 0.6 is 0 Å². The largest absolute Gasteiger partial charge is 0.278 e. The van der Waals surface area contributed by atoms with Crippen molar-refractivity contribution in [2.45, 2.75) is 19.3 Å². The Labute approximate surface area is 336 Å². The smallest absolute Gasteiger partial charge is 0.235 e. The molecule has 0 amide bonds. The summed E-state index contributed by atoms with van der Waals surface area (Å²) in [6.07, 6.45) is 0. The van der Waals surface area contributed by atoms with Crippen LogP contribution in [0.4, 0.5) is 0 Å². The highest BCUT2D eigenvalue weighted by molar-refractivity contribution is 6.29. The maximum absolute atomic E-state index is 5.30. The fraction of sp³-hybridized carbons (Fsp3) is 0.0545. The molecular weight excluding hydrogens is 703 g/mol. The Morgan fingerprint density at radius 2 is 0.879 bits per heavy atom. The summed E-state index contributed by atoms with van der Waals surface area (Å²) >= 11 is 0. The summed E-state index contributed by atoms with van der Waals surface area (Å²) in [6, 6.07) is 68.3. The van der Waals surface area contributed by atoms with Crippen LogP contribution in [0.1, 0.15) is 25.0 Å². The van der Waals surface area contributed by atoms with Crippen LogP contribution in [-0.4, -0.2) is 14.5 Å². The molecule has 58 heavy (non-hydrogen) atoms. The number of para-hydroxylation sites is 1. The van der Waals surface area contributed by atoms with E-state index in [0.29, 0.717) is 5.95 Å². The zero-order valence-electron chi connectivity index (χ0n) is 32.2. The highest BCUT2D eigenvalue weighted by atomic mass is 15.2. The molecule has 12 rings (SSSR count). The van der Waals surface area contributed by atoms with E-state index in [2.05, 4.69) is 194 Å². The number of nitrogens with zero attached hydrogens (tertiary/aromatic N) is 3. The minimum Gasteiger partial charge on any atom is -0.278 e. The van der Waals surface area contributed by atoms with E-state index in [1.165, 1.54) is 76.5 Å².